The van der Waals surface area contributed by atoms with Crippen LogP contribution in [0.3, 0.4) is 0 Å². The van der Waals surface area contributed by atoms with Crippen molar-refractivity contribution in [2.24, 2.45) is 11.1 Å². The summed E-state index contributed by atoms with van der Waals surface area (Å²) in [5.41, 5.74) is 12.1. The Labute approximate surface area is 156 Å². The molecule has 8 heteroatoms. The van der Waals surface area contributed by atoms with Crippen molar-refractivity contribution in [3.63, 3.8) is 0 Å². The first-order valence-electron chi connectivity index (χ1n) is 8.45. The molecule has 1 aromatic heterocycles. The standard InChI is InChI=1S/C18H22ClFN6/c1-18(10-21)5-7-26(8-6-18)13-9-24-16(17(23)25-13)15(22)11-3-2-4-12(19)14(11)20/h2-4,9,22H,5-8,10,21H2,1H3,(H2,23,25). The zero-order valence-corrected chi connectivity index (χ0v) is 15.4. The predicted octanol–water partition coefficient (Wildman–Crippen LogP) is 2.83. The van der Waals surface area contributed by atoms with Gasteiger partial charge in [0.1, 0.15) is 11.5 Å². The SMILES string of the molecule is CC1(CN)CCN(c2cnc(C(=N)c3cccc(Cl)c3F)c(N)n2)CC1. The number of nitrogen functional groups attached to an aromatic ring is 1. The third-order valence-corrected chi connectivity index (χ3v) is 5.32. The van der Waals surface area contributed by atoms with Crippen LogP contribution in [-0.2, 0) is 0 Å². The van der Waals surface area contributed by atoms with Crippen molar-refractivity contribution in [1.82, 2.24) is 9.97 Å². The first-order chi connectivity index (χ1) is 12.3. The van der Waals surface area contributed by atoms with Gasteiger partial charge in [0.15, 0.2) is 11.6 Å². The second-order valence-electron chi connectivity index (χ2n) is 6.94. The monoisotopic (exact) mass is 376 g/mol. The summed E-state index contributed by atoms with van der Waals surface area (Å²) in [6.07, 6.45) is 3.51. The van der Waals surface area contributed by atoms with Crippen LogP contribution in [0.15, 0.2) is 24.4 Å². The Balaban J connectivity index is 1.82. The molecule has 0 unspecified atom stereocenters. The lowest BCUT2D eigenvalue weighted by atomic mass is 9.80. The van der Waals surface area contributed by atoms with Crippen molar-refractivity contribution >= 4 is 28.9 Å². The lowest BCUT2D eigenvalue weighted by Gasteiger charge is -2.39. The first-order valence-corrected chi connectivity index (χ1v) is 8.83. The van der Waals surface area contributed by atoms with Crippen LogP contribution in [0.1, 0.15) is 31.0 Å². The molecule has 1 fully saturated rings. The molecule has 0 aliphatic carbocycles. The molecule has 6 nitrogen and oxygen atoms in total. The zero-order chi connectivity index (χ0) is 18.9. The van der Waals surface area contributed by atoms with E-state index in [0.29, 0.717) is 12.4 Å². The van der Waals surface area contributed by atoms with E-state index >= 15 is 0 Å². The molecular weight excluding hydrogens is 355 g/mol. The number of rotatable bonds is 4. The van der Waals surface area contributed by atoms with Crippen molar-refractivity contribution < 1.29 is 4.39 Å². The van der Waals surface area contributed by atoms with Gasteiger partial charge < -0.3 is 16.4 Å². The maximum Gasteiger partial charge on any atom is 0.154 e. The Morgan fingerprint density at radius 3 is 2.69 bits per heavy atom. The fourth-order valence-corrected chi connectivity index (χ4v) is 3.22. The summed E-state index contributed by atoms with van der Waals surface area (Å²) in [4.78, 5) is 10.8. The molecule has 0 bridgehead atoms. The third-order valence-electron chi connectivity index (χ3n) is 5.03. The summed E-state index contributed by atoms with van der Waals surface area (Å²) in [5.74, 6) is 0.0882. The highest BCUT2D eigenvalue weighted by Crippen LogP contribution is 2.31. The van der Waals surface area contributed by atoms with Crippen molar-refractivity contribution in [3.05, 3.63) is 46.5 Å². The van der Waals surface area contributed by atoms with E-state index in [9.17, 15) is 4.39 Å². The largest absolute Gasteiger partial charge is 0.382 e. The molecule has 1 aliphatic rings. The van der Waals surface area contributed by atoms with E-state index in [2.05, 4.69) is 21.8 Å². The highest BCUT2D eigenvalue weighted by molar-refractivity contribution is 6.31. The van der Waals surface area contributed by atoms with Gasteiger partial charge >= 0.3 is 0 Å². The number of halogens is 2. The van der Waals surface area contributed by atoms with Crippen molar-refractivity contribution in [1.29, 1.82) is 5.41 Å². The molecule has 1 aliphatic heterocycles. The summed E-state index contributed by atoms with van der Waals surface area (Å²) in [6, 6.07) is 4.48. The summed E-state index contributed by atoms with van der Waals surface area (Å²) in [5, 5.41) is 8.18. The minimum absolute atomic E-state index is 0.0444. The molecule has 5 N–H and O–H groups in total. The summed E-state index contributed by atoms with van der Waals surface area (Å²) < 4.78 is 14.2. The molecule has 0 spiro atoms. The molecule has 0 radical (unpaired) electrons. The maximum atomic E-state index is 14.2. The third kappa shape index (κ3) is 3.50. The molecular formula is C18H22ClFN6. The number of nitrogens with one attached hydrogen (secondary N) is 1. The van der Waals surface area contributed by atoms with Gasteiger partial charge in [0.05, 0.1) is 16.9 Å². The second kappa shape index (κ2) is 7.17. The number of hydrogen-bond donors (Lipinski definition) is 3. The smallest absolute Gasteiger partial charge is 0.154 e. The average Bonchev–Trinajstić information content (AvgIpc) is 2.64. The predicted molar refractivity (Wildman–Crippen MR) is 102 cm³/mol. The quantitative estimate of drug-likeness (QED) is 0.711. The Kier molecular flexibility index (Phi) is 5.11. The van der Waals surface area contributed by atoms with Crippen LogP contribution in [0.25, 0.3) is 0 Å². The molecule has 138 valence electrons. The van der Waals surface area contributed by atoms with E-state index < -0.39 is 5.82 Å². The van der Waals surface area contributed by atoms with E-state index in [0.717, 1.165) is 25.9 Å². The number of anilines is 2. The van der Waals surface area contributed by atoms with Crippen LogP contribution in [0.5, 0.6) is 0 Å². The van der Waals surface area contributed by atoms with Gasteiger partial charge in [-0.15, -0.1) is 0 Å². The number of hydrogen-bond acceptors (Lipinski definition) is 6. The number of nitrogens with two attached hydrogens (primary N) is 2. The van der Waals surface area contributed by atoms with Crippen LogP contribution in [-0.4, -0.2) is 35.3 Å². The summed E-state index contributed by atoms with van der Waals surface area (Å²) in [6.45, 7) is 4.49. The second-order valence-corrected chi connectivity index (χ2v) is 7.35. The molecule has 1 saturated heterocycles. The number of nitrogens with zero attached hydrogens (tertiary/aromatic N) is 3. The van der Waals surface area contributed by atoms with E-state index in [-0.39, 0.29) is 33.2 Å². The topological polar surface area (TPSA) is 105 Å². The van der Waals surface area contributed by atoms with Crippen molar-refractivity contribution in [3.8, 4) is 0 Å². The molecule has 26 heavy (non-hydrogen) atoms. The van der Waals surface area contributed by atoms with Crippen LogP contribution in [0, 0.1) is 16.6 Å². The maximum absolute atomic E-state index is 14.2. The van der Waals surface area contributed by atoms with Gasteiger partial charge in [-0.05, 0) is 36.9 Å². The fraction of sp³-hybridized carbons (Fsp3) is 0.389. The van der Waals surface area contributed by atoms with Gasteiger partial charge in [-0.25, -0.2) is 14.4 Å². The van der Waals surface area contributed by atoms with Crippen LogP contribution in [0.2, 0.25) is 5.02 Å². The van der Waals surface area contributed by atoms with Gasteiger partial charge in [0.25, 0.3) is 0 Å². The van der Waals surface area contributed by atoms with E-state index in [1.807, 2.05) is 0 Å². The first kappa shape index (κ1) is 18.5. The molecule has 0 saturated carbocycles. The highest BCUT2D eigenvalue weighted by atomic mass is 35.5. The van der Waals surface area contributed by atoms with Gasteiger partial charge in [-0.2, -0.15) is 0 Å². The average molecular weight is 377 g/mol. The van der Waals surface area contributed by atoms with Gasteiger partial charge in [-0.1, -0.05) is 24.6 Å². The fourth-order valence-electron chi connectivity index (χ4n) is 3.04. The van der Waals surface area contributed by atoms with E-state index in [4.69, 9.17) is 28.5 Å². The normalized spacial score (nSPS) is 16.5. The minimum Gasteiger partial charge on any atom is -0.382 e. The van der Waals surface area contributed by atoms with E-state index in [1.165, 1.54) is 12.1 Å². The Morgan fingerprint density at radius 1 is 1.38 bits per heavy atom. The van der Waals surface area contributed by atoms with Gasteiger partial charge in [0.2, 0.25) is 0 Å². The minimum atomic E-state index is -0.665. The van der Waals surface area contributed by atoms with Crippen LogP contribution < -0.4 is 16.4 Å². The molecule has 3 rings (SSSR count). The Bertz CT molecular complexity index is 832. The number of benzene rings is 1. The van der Waals surface area contributed by atoms with Crippen LogP contribution in [0.4, 0.5) is 16.0 Å². The van der Waals surface area contributed by atoms with Crippen LogP contribution >= 0.6 is 11.6 Å². The molecule has 0 amide bonds. The lowest BCUT2D eigenvalue weighted by Crippen LogP contribution is -2.42. The Morgan fingerprint density at radius 2 is 2.08 bits per heavy atom. The lowest BCUT2D eigenvalue weighted by molar-refractivity contribution is 0.258. The summed E-state index contributed by atoms with van der Waals surface area (Å²) in [7, 11) is 0. The van der Waals surface area contributed by atoms with Gasteiger partial charge in [0, 0.05) is 18.7 Å². The molecule has 0 atom stereocenters. The highest BCUT2D eigenvalue weighted by Gasteiger charge is 2.29. The number of piperidine rings is 1. The summed E-state index contributed by atoms with van der Waals surface area (Å²) >= 11 is 5.79. The Hall–Kier alpha value is -2.25. The van der Waals surface area contributed by atoms with Crippen molar-refractivity contribution in [2.45, 2.75) is 19.8 Å². The van der Waals surface area contributed by atoms with Gasteiger partial charge in [-0.3, -0.25) is 5.41 Å². The molecule has 1 aromatic carbocycles. The van der Waals surface area contributed by atoms with E-state index in [1.54, 1.807) is 12.3 Å². The zero-order valence-electron chi connectivity index (χ0n) is 14.6. The van der Waals surface area contributed by atoms with Crippen molar-refractivity contribution in [2.75, 3.05) is 30.3 Å². The number of aromatic nitrogens is 2. The molecule has 2 heterocycles. The molecule has 2 aromatic rings.